The van der Waals surface area contributed by atoms with Crippen LogP contribution < -0.4 is 9.47 Å². The van der Waals surface area contributed by atoms with Crippen molar-refractivity contribution in [2.45, 2.75) is 13.0 Å². The van der Waals surface area contributed by atoms with Crippen molar-refractivity contribution in [1.29, 1.82) is 10.8 Å². The van der Waals surface area contributed by atoms with Crippen LogP contribution in [0.5, 0.6) is 23.3 Å². The summed E-state index contributed by atoms with van der Waals surface area (Å²) in [4.78, 5) is 0. The Balaban J connectivity index is 2.18. The maximum atomic E-state index is 10.6. The molecule has 0 saturated carbocycles. The lowest BCUT2D eigenvalue weighted by Crippen LogP contribution is -2.08. The summed E-state index contributed by atoms with van der Waals surface area (Å²) < 4.78 is 11.9. The van der Waals surface area contributed by atoms with Gasteiger partial charge in [-0.1, -0.05) is 6.07 Å². The second-order valence-corrected chi connectivity index (χ2v) is 5.73. The maximum Gasteiger partial charge on any atom is 0.203 e. The van der Waals surface area contributed by atoms with Gasteiger partial charge in [0.2, 0.25) is 11.8 Å². The number of nitriles is 1. The van der Waals surface area contributed by atoms with E-state index in [1.165, 1.54) is 13.2 Å². The Hall–Kier alpha value is -3.73. The van der Waals surface area contributed by atoms with Crippen LogP contribution in [0.2, 0.25) is 0 Å². The second-order valence-electron chi connectivity index (χ2n) is 5.73. The van der Waals surface area contributed by atoms with Gasteiger partial charge < -0.3 is 19.7 Å². The number of hydrogen-bond donors (Lipinski definition) is 3. The monoisotopic (exact) mass is 366 g/mol. The molecule has 3 rings (SSSR count). The molecule has 0 amide bonds. The van der Waals surface area contributed by atoms with Crippen LogP contribution in [-0.2, 0) is 0 Å². The molecule has 0 fully saturated rings. The minimum atomic E-state index is -1.00. The number of benzene rings is 2. The molecule has 0 saturated heterocycles. The minimum absolute atomic E-state index is 0.251. The summed E-state index contributed by atoms with van der Waals surface area (Å²) in [5, 5.41) is 34.9. The van der Waals surface area contributed by atoms with Gasteiger partial charge in [0.05, 0.1) is 25.5 Å². The molecular weight excluding hydrogens is 348 g/mol. The number of ether oxygens (including phenoxy) is 2. The fraction of sp³-hybridized carbons (Fsp3) is 0.211. The molecule has 8 nitrogen and oxygen atoms in total. The van der Waals surface area contributed by atoms with Crippen LogP contribution in [0, 0.1) is 16.9 Å². The summed E-state index contributed by atoms with van der Waals surface area (Å²) >= 11 is 0. The third kappa shape index (κ3) is 3.00. The van der Waals surface area contributed by atoms with Gasteiger partial charge in [0.25, 0.3) is 0 Å². The zero-order chi connectivity index (χ0) is 19.6. The molecule has 3 aromatic rings. The van der Waals surface area contributed by atoms with E-state index < -0.39 is 6.04 Å². The molecule has 0 aliphatic carbocycles. The molecule has 1 aromatic heterocycles. The molecule has 1 atom stereocenters. The van der Waals surface area contributed by atoms with Crippen molar-refractivity contribution in [3.05, 3.63) is 42.0 Å². The van der Waals surface area contributed by atoms with Crippen LogP contribution in [-0.4, -0.2) is 28.5 Å². The number of nitrogens with one attached hydrogen (secondary N) is 1. The van der Waals surface area contributed by atoms with Crippen LogP contribution in [0.3, 0.4) is 0 Å². The van der Waals surface area contributed by atoms with E-state index in [0.717, 1.165) is 4.57 Å². The van der Waals surface area contributed by atoms with Crippen LogP contribution in [0.4, 0.5) is 5.69 Å². The third-order valence-electron chi connectivity index (χ3n) is 4.25. The zero-order valence-corrected chi connectivity index (χ0v) is 14.8. The summed E-state index contributed by atoms with van der Waals surface area (Å²) in [5.41, 5.74) is 7.94. The Morgan fingerprint density at radius 2 is 1.89 bits per heavy atom. The van der Waals surface area contributed by atoms with Gasteiger partial charge >= 0.3 is 0 Å². The Bertz CT molecular complexity index is 1050. The highest BCUT2D eigenvalue weighted by Crippen LogP contribution is 2.42. The van der Waals surface area contributed by atoms with Gasteiger partial charge in [0.1, 0.15) is 0 Å². The molecule has 3 N–H and O–H groups in total. The van der Waals surface area contributed by atoms with Gasteiger partial charge in [0, 0.05) is 10.8 Å². The van der Waals surface area contributed by atoms with E-state index >= 15 is 0 Å². The highest BCUT2D eigenvalue weighted by molar-refractivity contribution is 5.95. The minimum Gasteiger partial charge on any atom is -0.494 e. The van der Waals surface area contributed by atoms with E-state index in [2.05, 4.69) is 11.2 Å². The molecule has 1 heterocycles. The van der Waals surface area contributed by atoms with Crippen molar-refractivity contribution in [2.24, 2.45) is 5.11 Å². The summed E-state index contributed by atoms with van der Waals surface area (Å²) in [6.07, 6.45) is 0. The van der Waals surface area contributed by atoms with Crippen molar-refractivity contribution in [1.82, 2.24) is 4.57 Å². The molecular formula is C19H18N4O4. The molecule has 0 bridgehead atoms. The molecule has 1 unspecified atom stereocenters. The quantitative estimate of drug-likeness (QED) is 0.563. The first-order valence-electron chi connectivity index (χ1n) is 8.19. The third-order valence-corrected chi connectivity index (χ3v) is 4.25. The number of aromatic hydroxyl groups is 2. The van der Waals surface area contributed by atoms with E-state index in [4.69, 9.17) is 15.0 Å². The SMILES string of the molecule is CCOc1cc(C(C#N)n2c(O)c3ccc(N=N)cc3c2O)ccc1OC. The van der Waals surface area contributed by atoms with Gasteiger partial charge in [-0.25, -0.2) is 5.53 Å². The van der Waals surface area contributed by atoms with Gasteiger partial charge in [-0.3, -0.25) is 4.57 Å². The molecule has 0 radical (unpaired) electrons. The van der Waals surface area contributed by atoms with Gasteiger partial charge in [-0.15, -0.1) is 0 Å². The molecule has 27 heavy (non-hydrogen) atoms. The van der Waals surface area contributed by atoms with Crippen LogP contribution in [0.25, 0.3) is 10.8 Å². The van der Waals surface area contributed by atoms with Crippen LogP contribution in [0.15, 0.2) is 41.5 Å². The van der Waals surface area contributed by atoms with Crippen molar-refractivity contribution in [2.75, 3.05) is 13.7 Å². The fourth-order valence-corrected chi connectivity index (χ4v) is 3.00. The summed E-state index contributed by atoms with van der Waals surface area (Å²) in [5.74, 6) is 0.446. The molecule has 138 valence electrons. The Kier molecular flexibility index (Phi) is 4.86. The van der Waals surface area contributed by atoms with E-state index in [1.54, 1.807) is 30.3 Å². The normalized spacial score (nSPS) is 11.7. The topological polar surface area (TPSA) is 124 Å². The number of methoxy groups -OCH3 is 1. The Morgan fingerprint density at radius 1 is 1.15 bits per heavy atom. The number of nitrogens with zero attached hydrogens (tertiary/aromatic N) is 3. The largest absolute Gasteiger partial charge is 0.494 e. The smallest absolute Gasteiger partial charge is 0.203 e. The molecule has 8 heteroatoms. The lowest BCUT2D eigenvalue weighted by Gasteiger charge is -2.16. The zero-order valence-electron chi connectivity index (χ0n) is 14.8. The number of rotatable bonds is 6. The fourth-order valence-electron chi connectivity index (χ4n) is 3.00. The summed E-state index contributed by atoms with van der Waals surface area (Å²) in [7, 11) is 1.52. The molecule has 2 aromatic carbocycles. The predicted octanol–water partition coefficient (Wildman–Crippen LogP) is 4.24. The molecule has 0 spiro atoms. The van der Waals surface area contributed by atoms with Gasteiger partial charge in [-0.05, 0) is 42.8 Å². The van der Waals surface area contributed by atoms with Crippen molar-refractivity contribution >= 4 is 16.5 Å². The Morgan fingerprint density at radius 3 is 2.52 bits per heavy atom. The summed E-state index contributed by atoms with van der Waals surface area (Å²) in [6, 6.07) is 10.6. The first kappa shape index (κ1) is 18.1. The van der Waals surface area contributed by atoms with Crippen LogP contribution in [0.1, 0.15) is 18.5 Å². The van der Waals surface area contributed by atoms with E-state index in [9.17, 15) is 15.5 Å². The predicted molar refractivity (Wildman–Crippen MR) is 98.0 cm³/mol. The van der Waals surface area contributed by atoms with Crippen molar-refractivity contribution < 1.29 is 19.7 Å². The van der Waals surface area contributed by atoms with Crippen molar-refractivity contribution in [3.63, 3.8) is 0 Å². The summed E-state index contributed by atoms with van der Waals surface area (Å²) in [6.45, 7) is 2.25. The van der Waals surface area contributed by atoms with Crippen molar-refractivity contribution in [3.8, 4) is 29.3 Å². The molecule has 0 aliphatic heterocycles. The maximum absolute atomic E-state index is 10.6. The average Bonchev–Trinajstić information content (AvgIpc) is 2.94. The lowest BCUT2D eigenvalue weighted by atomic mass is 10.1. The second kappa shape index (κ2) is 7.25. The highest BCUT2D eigenvalue weighted by Gasteiger charge is 2.25. The lowest BCUT2D eigenvalue weighted by molar-refractivity contribution is 0.310. The first-order valence-corrected chi connectivity index (χ1v) is 8.19. The standard InChI is InChI=1S/C19H18N4O4/c1-3-27-17-8-11(4-7-16(17)26-2)15(10-20)23-18(24)13-6-5-12(22-21)9-14(13)19(23)25/h4-9,15,21,24-25H,3H2,1-2H3. The Labute approximate surface area is 155 Å². The first-order chi connectivity index (χ1) is 13.0. The number of hydrogen-bond acceptors (Lipinski definition) is 7. The number of aromatic nitrogens is 1. The molecule has 0 aliphatic rings. The van der Waals surface area contributed by atoms with Crippen LogP contribution >= 0.6 is 0 Å². The van der Waals surface area contributed by atoms with E-state index in [0.29, 0.717) is 40.1 Å². The van der Waals surface area contributed by atoms with Gasteiger partial charge in [0.15, 0.2) is 17.5 Å². The average molecular weight is 366 g/mol. The van der Waals surface area contributed by atoms with E-state index in [1.807, 2.05) is 6.92 Å². The number of fused-ring (bicyclic) bond motifs is 1. The highest BCUT2D eigenvalue weighted by atomic mass is 16.5. The van der Waals surface area contributed by atoms with Gasteiger partial charge in [-0.2, -0.15) is 10.4 Å². The van der Waals surface area contributed by atoms with E-state index in [-0.39, 0.29) is 11.8 Å².